The summed E-state index contributed by atoms with van der Waals surface area (Å²) in [6.45, 7) is 1.82. The number of ether oxygens (including phenoxy) is 1. The summed E-state index contributed by atoms with van der Waals surface area (Å²) in [7, 11) is 3.14. The van der Waals surface area contributed by atoms with Crippen molar-refractivity contribution in [2.75, 3.05) is 18.8 Å². The van der Waals surface area contributed by atoms with Crippen molar-refractivity contribution in [3.8, 4) is 5.75 Å². The van der Waals surface area contributed by atoms with Crippen LogP contribution in [0.25, 0.3) is 11.0 Å². The van der Waals surface area contributed by atoms with Crippen LogP contribution in [0.4, 0.5) is 14.9 Å². The van der Waals surface area contributed by atoms with Gasteiger partial charge < -0.3 is 18.8 Å². The number of carbonyl (C=O) groups excluding carboxylic acids is 1. The number of amides is 1. The van der Waals surface area contributed by atoms with Gasteiger partial charge in [-0.2, -0.15) is 0 Å². The average Bonchev–Trinajstić information content (AvgIpc) is 2.67. The van der Waals surface area contributed by atoms with E-state index in [1.165, 1.54) is 17.0 Å². The van der Waals surface area contributed by atoms with Gasteiger partial charge >= 0.3 is 11.7 Å². The molecule has 29 heavy (non-hydrogen) atoms. The average molecular weight is 417 g/mol. The summed E-state index contributed by atoms with van der Waals surface area (Å²) in [5.41, 5.74) is 2.00. The molecule has 7 nitrogen and oxygen atoms in total. The number of carbonyl (C=O) groups is 1. The molecule has 0 saturated heterocycles. The van der Waals surface area contributed by atoms with Gasteiger partial charge in [0.1, 0.15) is 17.1 Å². The number of nitrogens with zero attached hydrogens (tertiary/aromatic N) is 1. The first-order chi connectivity index (χ1) is 13.8. The van der Waals surface area contributed by atoms with Crippen molar-refractivity contribution in [3.63, 3.8) is 0 Å². The lowest BCUT2D eigenvalue weighted by molar-refractivity contribution is 0.172. The van der Waals surface area contributed by atoms with Crippen molar-refractivity contribution in [1.82, 2.24) is 4.90 Å². The van der Waals surface area contributed by atoms with Gasteiger partial charge in [-0.05, 0) is 42.3 Å². The van der Waals surface area contributed by atoms with E-state index in [2.05, 4.69) is 4.72 Å². The smallest absolute Gasteiger partial charge is 0.414 e. The second-order valence-corrected chi connectivity index (χ2v) is 7.06. The van der Waals surface area contributed by atoms with Crippen molar-refractivity contribution in [1.29, 1.82) is 0 Å². The van der Waals surface area contributed by atoms with E-state index in [1.807, 2.05) is 6.92 Å². The number of nitrogens with one attached hydrogen (secondary N) is 1. The zero-order chi connectivity index (χ0) is 21.1. The van der Waals surface area contributed by atoms with Gasteiger partial charge in [0.05, 0.1) is 5.69 Å². The molecule has 1 aromatic heterocycles. The molecular formula is C20H20FN3O4S. The van der Waals surface area contributed by atoms with Crippen LogP contribution in [0.15, 0.2) is 45.6 Å². The molecule has 0 saturated carbocycles. The maximum Gasteiger partial charge on any atom is 0.414 e. The molecule has 0 atom stereocenters. The van der Waals surface area contributed by atoms with E-state index in [1.54, 1.807) is 38.4 Å². The third-order valence-electron chi connectivity index (χ3n) is 4.41. The number of hydrogen-bond acceptors (Lipinski definition) is 7. The quantitative estimate of drug-likeness (QED) is 0.481. The van der Waals surface area contributed by atoms with Crippen LogP contribution in [0, 0.1) is 12.7 Å². The van der Waals surface area contributed by atoms with E-state index in [9.17, 15) is 14.0 Å². The predicted molar refractivity (Wildman–Crippen MR) is 112 cm³/mol. The van der Waals surface area contributed by atoms with Crippen molar-refractivity contribution in [2.45, 2.75) is 13.3 Å². The van der Waals surface area contributed by atoms with Gasteiger partial charge in [0, 0.05) is 49.7 Å². The van der Waals surface area contributed by atoms with E-state index in [0.29, 0.717) is 11.1 Å². The number of aryl methyl sites for hydroxylation is 1. The van der Waals surface area contributed by atoms with Crippen molar-refractivity contribution >= 4 is 34.9 Å². The van der Waals surface area contributed by atoms with Crippen molar-refractivity contribution < 1.29 is 18.3 Å². The molecule has 3 rings (SSSR count). The summed E-state index contributed by atoms with van der Waals surface area (Å²) < 4.78 is 27.1. The molecule has 3 aromatic rings. The van der Waals surface area contributed by atoms with Gasteiger partial charge in [-0.15, -0.1) is 0 Å². The van der Waals surface area contributed by atoms with Gasteiger partial charge in [-0.1, -0.05) is 6.07 Å². The van der Waals surface area contributed by atoms with Crippen LogP contribution < -0.4 is 20.2 Å². The Hall–Kier alpha value is -3.04. The molecule has 0 aliphatic heterocycles. The van der Waals surface area contributed by atoms with Crippen LogP contribution in [-0.2, 0) is 6.42 Å². The second-order valence-electron chi connectivity index (χ2n) is 6.62. The van der Waals surface area contributed by atoms with E-state index in [-0.39, 0.29) is 17.9 Å². The van der Waals surface area contributed by atoms with Crippen LogP contribution in [0.1, 0.15) is 16.7 Å². The van der Waals surface area contributed by atoms with E-state index in [4.69, 9.17) is 14.3 Å². The number of nitrogens with two attached hydrogens (primary N) is 1. The van der Waals surface area contributed by atoms with E-state index in [0.717, 1.165) is 28.6 Å². The zero-order valence-electron chi connectivity index (χ0n) is 16.1. The van der Waals surface area contributed by atoms with Gasteiger partial charge in [0.25, 0.3) is 0 Å². The number of rotatable bonds is 5. The molecule has 152 valence electrons. The summed E-state index contributed by atoms with van der Waals surface area (Å²) in [6.07, 6.45) is -0.262. The standard InChI is InChI=1S/C20H20FN3O4S/c1-11-14-6-5-13(27-20(26)24(2)3)10-18(14)28-19(25)15(11)8-12-4-7-16(21)17(9-12)23-29-22/h4-7,9-10,23H,8,22H2,1-3H3. The van der Waals surface area contributed by atoms with Crippen molar-refractivity contribution in [3.05, 3.63) is 69.3 Å². The van der Waals surface area contributed by atoms with Crippen LogP contribution in [0.3, 0.4) is 0 Å². The number of benzene rings is 2. The summed E-state index contributed by atoms with van der Waals surface area (Å²) in [6, 6.07) is 9.40. The fourth-order valence-corrected chi connectivity index (χ4v) is 3.15. The minimum Gasteiger partial charge on any atom is -0.422 e. The molecule has 3 N–H and O–H groups in total. The first-order valence-corrected chi connectivity index (χ1v) is 9.53. The maximum atomic E-state index is 13.8. The first kappa shape index (κ1) is 20.7. The number of anilines is 1. The third-order valence-corrected chi connectivity index (χ3v) is 4.75. The van der Waals surface area contributed by atoms with Crippen LogP contribution in [0.5, 0.6) is 5.75 Å². The van der Waals surface area contributed by atoms with E-state index >= 15 is 0 Å². The Balaban J connectivity index is 1.97. The topological polar surface area (TPSA) is 97.8 Å². The summed E-state index contributed by atoms with van der Waals surface area (Å²) in [5, 5.41) is 6.07. The minimum atomic E-state index is -0.531. The van der Waals surface area contributed by atoms with Gasteiger partial charge in [0.2, 0.25) is 0 Å². The van der Waals surface area contributed by atoms with Gasteiger partial charge in [-0.25, -0.2) is 14.0 Å². The minimum absolute atomic E-state index is 0.241. The summed E-state index contributed by atoms with van der Waals surface area (Å²) >= 11 is 0.790. The van der Waals surface area contributed by atoms with Crippen LogP contribution >= 0.6 is 12.1 Å². The number of fused-ring (bicyclic) bond motifs is 1. The zero-order valence-corrected chi connectivity index (χ0v) is 16.9. The Morgan fingerprint density at radius 3 is 2.72 bits per heavy atom. The Morgan fingerprint density at radius 1 is 1.28 bits per heavy atom. The molecule has 1 amide bonds. The van der Waals surface area contributed by atoms with Gasteiger partial charge in [0.15, 0.2) is 0 Å². The SMILES string of the molecule is Cc1c(Cc2ccc(F)c(NSN)c2)c(=O)oc2cc(OC(=O)N(C)C)ccc12. The van der Waals surface area contributed by atoms with Crippen molar-refractivity contribution in [2.24, 2.45) is 5.14 Å². The lowest BCUT2D eigenvalue weighted by Gasteiger charge is -2.12. The van der Waals surface area contributed by atoms with Crippen LogP contribution in [-0.4, -0.2) is 25.1 Å². The molecule has 0 spiro atoms. The molecule has 0 aliphatic rings. The molecular weight excluding hydrogens is 397 g/mol. The maximum absolute atomic E-state index is 13.8. The molecule has 0 unspecified atom stereocenters. The normalized spacial score (nSPS) is 10.8. The molecule has 1 heterocycles. The summed E-state index contributed by atoms with van der Waals surface area (Å²) in [5.74, 6) is -0.159. The molecule has 0 radical (unpaired) electrons. The second kappa shape index (κ2) is 8.54. The number of halogens is 1. The highest BCUT2D eigenvalue weighted by Gasteiger charge is 2.15. The Labute approximate surface area is 170 Å². The number of hydrogen-bond donors (Lipinski definition) is 2. The molecule has 9 heteroatoms. The highest BCUT2D eigenvalue weighted by atomic mass is 32.2. The molecule has 0 fully saturated rings. The molecule has 0 aliphatic carbocycles. The lowest BCUT2D eigenvalue weighted by atomic mass is 9.99. The predicted octanol–water partition coefficient (Wildman–Crippen LogP) is 3.83. The Morgan fingerprint density at radius 2 is 2.03 bits per heavy atom. The molecule has 0 bridgehead atoms. The Bertz CT molecular complexity index is 1130. The fraction of sp³-hybridized carbons (Fsp3) is 0.200. The monoisotopic (exact) mass is 417 g/mol. The van der Waals surface area contributed by atoms with E-state index < -0.39 is 17.5 Å². The third kappa shape index (κ3) is 4.52. The van der Waals surface area contributed by atoms with Gasteiger partial charge in [-0.3, -0.25) is 5.14 Å². The fourth-order valence-electron chi connectivity index (χ4n) is 2.86. The largest absolute Gasteiger partial charge is 0.422 e. The summed E-state index contributed by atoms with van der Waals surface area (Å²) in [4.78, 5) is 25.6. The van der Waals surface area contributed by atoms with Crippen LogP contribution in [0.2, 0.25) is 0 Å². The highest BCUT2D eigenvalue weighted by Crippen LogP contribution is 2.26. The lowest BCUT2D eigenvalue weighted by Crippen LogP contribution is -2.25. The molecule has 2 aromatic carbocycles. The Kier molecular flexibility index (Phi) is 6.09. The highest BCUT2D eigenvalue weighted by molar-refractivity contribution is 7.98. The first-order valence-electron chi connectivity index (χ1n) is 8.65.